The fourth-order valence-electron chi connectivity index (χ4n) is 2.11. The summed E-state index contributed by atoms with van der Waals surface area (Å²) in [6.07, 6.45) is 1.74. The molecule has 2 heterocycles. The molecular formula is C17H22N4O3. The third-order valence-corrected chi connectivity index (χ3v) is 3.27. The Hall–Kier alpha value is -2.83. The molecule has 0 aliphatic carbocycles. The van der Waals surface area contributed by atoms with E-state index in [-0.39, 0.29) is 0 Å². The van der Waals surface area contributed by atoms with Crippen molar-refractivity contribution in [3.8, 4) is 0 Å². The quantitative estimate of drug-likeness (QED) is 0.478. The standard InChI is InChI=1S/C17H22N4O3/c1-4-18-17(20-10-13-7-5-6-8-19-13)21-11-14-9-15(12(2)24-14)16(22)23-3/h5-9H,4,10-11H2,1-3H3,(H2,18,20,21). The molecule has 2 aromatic rings. The maximum Gasteiger partial charge on any atom is 0.341 e. The number of nitrogens with zero attached hydrogens (tertiary/aromatic N) is 2. The summed E-state index contributed by atoms with van der Waals surface area (Å²) in [7, 11) is 1.35. The van der Waals surface area contributed by atoms with Crippen LogP contribution in [-0.4, -0.2) is 30.6 Å². The SMILES string of the molecule is CCNC(=NCc1ccccn1)NCc1cc(C(=O)OC)c(C)o1. The van der Waals surface area contributed by atoms with Crippen LogP contribution in [0, 0.1) is 6.92 Å². The summed E-state index contributed by atoms with van der Waals surface area (Å²) >= 11 is 0. The van der Waals surface area contributed by atoms with Crippen molar-refractivity contribution in [1.82, 2.24) is 15.6 Å². The van der Waals surface area contributed by atoms with Crippen molar-refractivity contribution >= 4 is 11.9 Å². The highest BCUT2D eigenvalue weighted by Gasteiger charge is 2.15. The van der Waals surface area contributed by atoms with Gasteiger partial charge in [0.1, 0.15) is 17.1 Å². The molecule has 7 nitrogen and oxygen atoms in total. The number of rotatable bonds is 6. The van der Waals surface area contributed by atoms with Gasteiger partial charge in [0.25, 0.3) is 0 Å². The number of methoxy groups -OCH3 is 1. The predicted molar refractivity (Wildman–Crippen MR) is 90.7 cm³/mol. The van der Waals surface area contributed by atoms with Gasteiger partial charge in [-0.25, -0.2) is 9.79 Å². The van der Waals surface area contributed by atoms with E-state index < -0.39 is 5.97 Å². The van der Waals surface area contributed by atoms with Gasteiger partial charge in [0, 0.05) is 12.7 Å². The number of esters is 1. The molecule has 0 aromatic carbocycles. The summed E-state index contributed by atoms with van der Waals surface area (Å²) in [5.41, 5.74) is 1.32. The van der Waals surface area contributed by atoms with Gasteiger partial charge in [0.15, 0.2) is 5.96 Å². The number of pyridine rings is 1. The Bertz CT molecular complexity index is 695. The molecule has 0 atom stereocenters. The number of carbonyl (C=O) groups is 1. The van der Waals surface area contributed by atoms with Gasteiger partial charge in [-0.15, -0.1) is 0 Å². The summed E-state index contributed by atoms with van der Waals surface area (Å²) in [6.45, 7) is 5.34. The molecule has 2 rings (SSSR count). The number of carbonyl (C=O) groups excluding carboxylic acids is 1. The Kier molecular flexibility index (Phi) is 6.36. The van der Waals surface area contributed by atoms with Gasteiger partial charge in [0.05, 0.1) is 25.9 Å². The van der Waals surface area contributed by atoms with E-state index in [2.05, 4.69) is 20.6 Å². The Morgan fingerprint density at radius 2 is 2.21 bits per heavy atom. The van der Waals surface area contributed by atoms with Crippen LogP contribution >= 0.6 is 0 Å². The van der Waals surface area contributed by atoms with Crippen LogP contribution in [0.15, 0.2) is 39.9 Å². The van der Waals surface area contributed by atoms with Gasteiger partial charge in [-0.2, -0.15) is 0 Å². The largest absolute Gasteiger partial charge is 0.465 e. The molecule has 0 radical (unpaired) electrons. The van der Waals surface area contributed by atoms with E-state index in [1.165, 1.54) is 7.11 Å². The summed E-state index contributed by atoms with van der Waals surface area (Å²) in [5.74, 6) is 1.42. The molecule has 0 amide bonds. The van der Waals surface area contributed by atoms with E-state index in [0.29, 0.717) is 36.1 Å². The summed E-state index contributed by atoms with van der Waals surface area (Å²) in [5, 5.41) is 6.33. The summed E-state index contributed by atoms with van der Waals surface area (Å²) in [4.78, 5) is 20.3. The maximum absolute atomic E-state index is 11.6. The van der Waals surface area contributed by atoms with E-state index in [1.54, 1.807) is 19.2 Å². The number of ether oxygens (including phenoxy) is 1. The zero-order chi connectivity index (χ0) is 17.4. The molecule has 7 heteroatoms. The molecule has 0 saturated carbocycles. The number of guanidine groups is 1. The van der Waals surface area contributed by atoms with E-state index in [1.807, 2.05) is 25.1 Å². The van der Waals surface area contributed by atoms with Crippen molar-refractivity contribution < 1.29 is 13.9 Å². The highest BCUT2D eigenvalue weighted by atomic mass is 16.5. The van der Waals surface area contributed by atoms with E-state index in [0.717, 1.165) is 12.2 Å². The Labute approximate surface area is 141 Å². The van der Waals surface area contributed by atoms with Crippen molar-refractivity contribution in [3.05, 3.63) is 53.2 Å². The third kappa shape index (κ3) is 4.84. The molecule has 2 N–H and O–H groups in total. The second kappa shape index (κ2) is 8.71. The van der Waals surface area contributed by atoms with Crippen molar-refractivity contribution in [3.63, 3.8) is 0 Å². The molecule has 0 spiro atoms. The molecule has 0 aliphatic heterocycles. The molecule has 0 saturated heterocycles. The van der Waals surface area contributed by atoms with Crippen molar-refractivity contribution in [2.75, 3.05) is 13.7 Å². The van der Waals surface area contributed by atoms with Gasteiger partial charge < -0.3 is 19.8 Å². The number of furan rings is 1. The van der Waals surface area contributed by atoms with Crippen LogP contribution in [-0.2, 0) is 17.8 Å². The first-order valence-electron chi connectivity index (χ1n) is 7.73. The number of hydrogen-bond donors (Lipinski definition) is 2. The smallest absolute Gasteiger partial charge is 0.341 e. The van der Waals surface area contributed by atoms with Crippen molar-refractivity contribution in [2.24, 2.45) is 4.99 Å². The minimum atomic E-state index is -0.404. The van der Waals surface area contributed by atoms with Crippen LogP contribution in [0.25, 0.3) is 0 Å². The lowest BCUT2D eigenvalue weighted by atomic mass is 10.2. The first kappa shape index (κ1) is 17.5. The topological polar surface area (TPSA) is 88.8 Å². The zero-order valence-electron chi connectivity index (χ0n) is 14.1. The fraction of sp³-hybridized carbons (Fsp3) is 0.353. The van der Waals surface area contributed by atoms with Crippen LogP contribution in [0.1, 0.15) is 34.5 Å². The first-order chi connectivity index (χ1) is 11.6. The maximum atomic E-state index is 11.6. The van der Waals surface area contributed by atoms with Gasteiger partial charge >= 0.3 is 5.97 Å². The number of aryl methyl sites for hydroxylation is 1. The fourth-order valence-corrected chi connectivity index (χ4v) is 2.11. The van der Waals surface area contributed by atoms with Gasteiger partial charge in [-0.1, -0.05) is 6.07 Å². The lowest BCUT2D eigenvalue weighted by molar-refractivity contribution is 0.0599. The van der Waals surface area contributed by atoms with Crippen LogP contribution in [0.5, 0.6) is 0 Å². The lowest BCUT2D eigenvalue weighted by Gasteiger charge is -2.09. The average molecular weight is 330 g/mol. The zero-order valence-corrected chi connectivity index (χ0v) is 14.1. The Morgan fingerprint density at radius 3 is 2.88 bits per heavy atom. The van der Waals surface area contributed by atoms with E-state index in [4.69, 9.17) is 9.15 Å². The minimum absolute atomic E-state index is 0.404. The third-order valence-electron chi connectivity index (χ3n) is 3.27. The average Bonchev–Trinajstić information content (AvgIpc) is 2.98. The predicted octanol–water partition coefficient (Wildman–Crippen LogP) is 2.02. The summed E-state index contributed by atoms with van der Waals surface area (Å²) in [6, 6.07) is 7.40. The molecule has 24 heavy (non-hydrogen) atoms. The highest BCUT2D eigenvalue weighted by Crippen LogP contribution is 2.15. The minimum Gasteiger partial charge on any atom is -0.465 e. The molecule has 0 aliphatic rings. The molecular weight excluding hydrogens is 308 g/mol. The van der Waals surface area contributed by atoms with Crippen LogP contribution < -0.4 is 10.6 Å². The number of aromatic nitrogens is 1. The van der Waals surface area contributed by atoms with Crippen molar-refractivity contribution in [1.29, 1.82) is 0 Å². The summed E-state index contributed by atoms with van der Waals surface area (Å²) < 4.78 is 10.3. The molecule has 128 valence electrons. The van der Waals surface area contributed by atoms with Crippen molar-refractivity contribution in [2.45, 2.75) is 26.9 Å². The second-order valence-electron chi connectivity index (χ2n) is 5.04. The number of aliphatic imine (C=N–C) groups is 1. The lowest BCUT2D eigenvalue weighted by Crippen LogP contribution is -2.36. The first-order valence-corrected chi connectivity index (χ1v) is 7.73. The molecule has 0 unspecified atom stereocenters. The second-order valence-corrected chi connectivity index (χ2v) is 5.04. The Balaban J connectivity index is 1.99. The monoisotopic (exact) mass is 330 g/mol. The van der Waals surface area contributed by atoms with Gasteiger partial charge in [-0.05, 0) is 32.0 Å². The number of nitrogens with one attached hydrogen (secondary N) is 2. The molecule has 2 aromatic heterocycles. The highest BCUT2D eigenvalue weighted by molar-refractivity contribution is 5.90. The van der Waals surface area contributed by atoms with E-state index in [9.17, 15) is 4.79 Å². The normalized spacial score (nSPS) is 11.2. The number of hydrogen-bond acceptors (Lipinski definition) is 5. The molecule has 0 bridgehead atoms. The van der Waals surface area contributed by atoms with Gasteiger partial charge in [0.2, 0.25) is 0 Å². The van der Waals surface area contributed by atoms with Crippen LogP contribution in [0.3, 0.4) is 0 Å². The van der Waals surface area contributed by atoms with E-state index >= 15 is 0 Å². The van der Waals surface area contributed by atoms with Crippen LogP contribution in [0.2, 0.25) is 0 Å². The molecule has 0 fully saturated rings. The van der Waals surface area contributed by atoms with Crippen LogP contribution in [0.4, 0.5) is 0 Å². The van der Waals surface area contributed by atoms with Gasteiger partial charge in [-0.3, -0.25) is 4.98 Å². The Morgan fingerprint density at radius 1 is 1.38 bits per heavy atom.